The maximum atomic E-state index is 11.2. The van der Waals surface area contributed by atoms with E-state index in [1.165, 1.54) is 0 Å². The summed E-state index contributed by atoms with van der Waals surface area (Å²) in [5, 5.41) is 14.6. The number of nitrogens with one attached hydrogen (secondary N) is 1. The van der Waals surface area contributed by atoms with Gasteiger partial charge in [0.25, 0.3) is 5.69 Å². The van der Waals surface area contributed by atoms with Crippen molar-refractivity contribution in [3.8, 4) is 0 Å². The van der Waals surface area contributed by atoms with Gasteiger partial charge in [0.1, 0.15) is 0 Å². The molecule has 22 heavy (non-hydrogen) atoms. The number of piperazine rings is 1. The van der Waals surface area contributed by atoms with E-state index in [1.807, 2.05) is 6.07 Å². The fraction of sp³-hybridized carbons (Fsp3) is 0.625. The molecule has 122 valence electrons. The van der Waals surface area contributed by atoms with Crippen LogP contribution < -0.4 is 5.32 Å². The summed E-state index contributed by atoms with van der Waals surface area (Å²) in [5.41, 5.74) is 1.21. The van der Waals surface area contributed by atoms with Crippen molar-refractivity contribution in [3.05, 3.63) is 38.3 Å². The van der Waals surface area contributed by atoms with Crippen LogP contribution in [-0.4, -0.2) is 36.0 Å². The molecule has 1 saturated heterocycles. The van der Waals surface area contributed by atoms with Gasteiger partial charge in [0, 0.05) is 38.3 Å². The first-order chi connectivity index (χ1) is 10.5. The number of nitrogens with zero attached hydrogens (tertiary/aromatic N) is 2. The molecule has 0 unspecified atom stereocenters. The lowest BCUT2D eigenvalue weighted by Gasteiger charge is -2.35. The van der Waals surface area contributed by atoms with Gasteiger partial charge in [-0.15, -0.1) is 0 Å². The van der Waals surface area contributed by atoms with Crippen LogP contribution >= 0.6 is 15.9 Å². The molecular formula is C16H24BrN3O2. The van der Waals surface area contributed by atoms with Crippen LogP contribution in [0.2, 0.25) is 0 Å². The van der Waals surface area contributed by atoms with Crippen LogP contribution in [0.15, 0.2) is 22.7 Å². The Labute approximate surface area is 140 Å². The monoisotopic (exact) mass is 369 g/mol. The van der Waals surface area contributed by atoms with Crippen LogP contribution in [0.5, 0.6) is 0 Å². The molecule has 6 heteroatoms. The Morgan fingerprint density at radius 3 is 2.59 bits per heavy atom. The maximum Gasteiger partial charge on any atom is 0.283 e. The summed E-state index contributed by atoms with van der Waals surface area (Å²) in [6, 6.07) is 5.82. The van der Waals surface area contributed by atoms with E-state index < -0.39 is 0 Å². The van der Waals surface area contributed by atoms with Crippen molar-refractivity contribution in [1.82, 2.24) is 10.2 Å². The number of rotatable bonds is 6. The van der Waals surface area contributed by atoms with Gasteiger partial charge in [-0.1, -0.05) is 19.9 Å². The molecule has 0 saturated carbocycles. The predicted octanol–water partition coefficient (Wildman–Crippen LogP) is 3.74. The predicted molar refractivity (Wildman–Crippen MR) is 92.1 cm³/mol. The zero-order chi connectivity index (χ0) is 16.1. The lowest BCUT2D eigenvalue weighted by molar-refractivity contribution is -0.385. The van der Waals surface area contributed by atoms with Crippen molar-refractivity contribution >= 4 is 21.6 Å². The average Bonchev–Trinajstić information content (AvgIpc) is 2.49. The lowest BCUT2D eigenvalue weighted by Crippen LogP contribution is -2.45. The number of nitro benzene ring substituents is 1. The fourth-order valence-electron chi connectivity index (χ4n) is 2.92. The fourth-order valence-corrected chi connectivity index (χ4v) is 3.31. The smallest absolute Gasteiger partial charge is 0.283 e. The van der Waals surface area contributed by atoms with Gasteiger partial charge in [0.15, 0.2) is 0 Å². The first-order valence-electron chi connectivity index (χ1n) is 7.87. The van der Waals surface area contributed by atoms with Crippen molar-refractivity contribution in [2.24, 2.45) is 5.92 Å². The third-order valence-electron chi connectivity index (χ3n) is 4.16. The third-order valence-corrected chi connectivity index (χ3v) is 4.83. The highest BCUT2D eigenvalue weighted by molar-refractivity contribution is 9.10. The van der Waals surface area contributed by atoms with Crippen LogP contribution in [0.25, 0.3) is 0 Å². The summed E-state index contributed by atoms with van der Waals surface area (Å²) in [5.74, 6) is 0.635. The maximum absolute atomic E-state index is 11.2. The number of halogens is 1. The summed E-state index contributed by atoms with van der Waals surface area (Å²) in [6.45, 7) is 8.39. The van der Waals surface area contributed by atoms with Gasteiger partial charge in [-0.05, 0) is 46.3 Å². The van der Waals surface area contributed by atoms with Gasteiger partial charge < -0.3 is 5.32 Å². The van der Waals surface area contributed by atoms with E-state index in [0.717, 1.165) is 44.6 Å². The highest BCUT2D eigenvalue weighted by Crippen LogP contribution is 2.33. The molecule has 0 radical (unpaired) electrons. The summed E-state index contributed by atoms with van der Waals surface area (Å²) in [6.07, 6.45) is 2.16. The molecular weight excluding hydrogens is 346 g/mol. The van der Waals surface area contributed by atoms with Crippen molar-refractivity contribution < 1.29 is 4.92 Å². The zero-order valence-corrected chi connectivity index (χ0v) is 14.8. The average molecular weight is 370 g/mol. The number of hydrogen-bond donors (Lipinski definition) is 1. The van der Waals surface area contributed by atoms with Gasteiger partial charge >= 0.3 is 0 Å². The Morgan fingerprint density at radius 1 is 1.32 bits per heavy atom. The number of nitro groups is 1. The largest absolute Gasteiger partial charge is 0.314 e. The quantitative estimate of drug-likeness (QED) is 0.612. The standard InChI is InChI=1S/C16H24BrN3O2/c1-12(2)3-6-15(19-9-7-18-8-10-19)13-4-5-14(17)16(11-13)20(21)22/h4-5,11-12,15,18H,3,6-10H2,1-2H3/t15-/m0/s1. The second-order valence-corrected chi connectivity index (χ2v) is 7.10. The van der Waals surface area contributed by atoms with Gasteiger partial charge in [0.2, 0.25) is 0 Å². The molecule has 1 fully saturated rings. The van der Waals surface area contributed by atoms with Crippen molar-refractivity contribution in [1.29, 1.82) is 0 Å². The molecule has 0 aromatic heterocycles. The third kappa shape index (κ3) is 4.51. The Hall–Kier alpha value is -0.980. The Balaban J connectivity index is 2.26. The SMILES string of the molecule is CC(C)CC[C@@H](c1ccc(Br)c([N+](=O)[O-])c1)N1CCNCC1. The summed E-state index contributed by atoms with van der Waals surface area (Å²) < 4.78 is 0.546. The van der Waals surface area contributed by atoms with E-state index in [0.29, 0.717) is 10.4 Å². The molecule has 0 aliphatic carbocycles. The number of benzene rings is 1. The molecule has 0 amide bonds. The van der Waals surface area contributed by atoms with Crippen LogP contribution in [0, 0.1) is 16.0 Å². The van der Waals surface area contributed by atoms with Gasteiger partial charge in [0.05, 0.1) is 9.40 Å². The minimum Gasteiger partial charge on any atom is -0.314 e. The summed E-state index contributed by atoms with van der Waals surface area (Å²) in [7, 11) is 0. The van der Waals surface area contributed by atoms with Crippen LogP contribution in [0.3, 0.4) is 0 Å². The molecule has 1 aromatic carbocycles. The van der Waals surface area contributed by atoms with Crippen molar-refractivity contribution in [2.75, 3.05) is 26.2 Å². The van der Waals surface area contributed by atoms with E-state index in [-0.39, 0.29) is 16.7 Å². The summed E-state index contributed by atoms with van der Waals surface area (Å²) in [4.78, 5) is 13.3. The highest BCUT2D eigenvalue weighted by Gasteiger charge is 2.24. The topological polar surface area (TPSA) is 58.4 Å². The lowest BCUT2D eigenvalue weighted by atomic mass is 9.95. The minimum atomic E-state index is -0.315. The van der Waals surface area contributed by atoms with Crippen molar-refractivity contribution in [3.63, 3.8) is 0 Å². The molecule has 0 bridgehead atoms. The highest BCUT2D eigenvalue weighted by atomic mass is 79.9. The van der Waals surface area contributed by atoms with Gasteiger partial charge in [-0.25, -0.2) is 0 Å². The van der Waals surface area contributed by atoms with Gasteiger partial charge in [-0.3, -0.25) is 15.0 Å². The van der Waals surface area contributed by atoms with Gasteiger partial charge in [-0.2, -0.15) is 0 Å². The minimum absolute atomic E-state index is 0.155. The Morgan fingerprint density at radius 2 is 2.00 bits per heavy atom. The second kappa shape index (κ2) is 8.04. The summed E-state index contributed by atoms with van der Waals surface area (Å²) >= 11 is 3.27. The second-order valence-electron chi connectivity index (χ2n) is 6.24. The molecule has 1 N–H and O–H groups in total. The molecule has 0 spiro atoms. The van der Waals surface area contributed by atoms with E-state index in [9.17, 15) is 10.1 Å². The first kappa shape index (κ1) is 17.4. The van der Waals surface area contributed by atoms with E-state index in [2.05, 4.69) is 40.0 Å². The molecule has 2 rings (SSSR count). The van der Waals surface area contributed by atoms with E-state index in [1.54, 1.807) is 12.1 Å². The first-order valence-corrected chi connectivity index (χ1v) is 8.67. The van der Waals surface area contributed by atoms with E-state index in [4.69, 9.17) is 0 Å². The number of hydrogen-bond acceptors (Lipinski definition) is 4. The molecule has 1 aliphatic heterocycles. The van der Waals surface area contributed by atoms with Crippen LogP contribution in [0.1, 0.15) is 38.3 Å². The Bertz CT molecular complexity index is 516. The molecule has 1 heterocycles. The zero-order valence-electron chi connectivity index (χ0n) is 13.2. The van der Waals surface area contributed by atoms with E-state index >= 15 is 0 Å². The molecule has 1 aliphatic rings. The van der Waals surface area contributed by atoms with Crippen molar-refractivity contribution in [2.45, 2.75) is 32.7 Å². The molecule has 1 atom stereocenters. The molecule has 5 nitrogen and oxygen atoms in total. The van der Waals surface area contributed by atoms with Crippen LogP contribution in [0.4, 0.5) is 5.69 Å². The molecule has 1 aromatic rings. The normalized spacial score (nSPS) is 17.6. The van der Waals surface area contributed by atoms with Crippen LogP contribution in [-0.2, 0) is 0 Å². The Kier molecular flexibility index (Phi) is 6.35.